The van der Waals surface area contributed by atoms with Crippen LogP contribution in [0.1, 0.15) is 20.8 Å². The molecule has 0 radical (unpaired) electrons. The molecule has 6 heteroatoms. The summed E-state index contributed by atoms with van der Waals surface area (Å²) in [6, 6.07) is 10.0. The SMILES string of the molecule is O=C(/C=C/c1ccc(Cl)s1)NCc1cccc(C(=O)O)c1. The van der Waals surface area contributed by atoms with Crippen molar-refractivity contribution in [2.75, 3.05) is 0 Å². The van der Waals surface area contributed by atoms with E-state index in [2.05, 4.69) is 5.32 Å². The number of carboxylic acids is 1. The summed E-state index contributed by atoms with van der Waals surface area (Å²) < 4.78 is 0.667. The maximum atomic E-state index is 11.7. The standard InChI is InChI=1S/C15H12ClNO3S/c16-13-6-4-12(21-13)5-7-14(18)17-9-10-2-1-3-11(8-10)15(19)20/h1-8H,9H2,(H,17,18)(H,19,20)/b7-5+. The summed E-state index contributed by atoms with van der Waals surface area (Å²) in [6.07, 6.45) is 3.10. The van der Waals surface area contributed by atoms with Gasteiger partial charge in [-0.25, -0.2) is 4.79 Å². The van der Waals surface area contributed by atoms with Crippen LogP contribution in [0.15, 0.2) is 42.5 Å². The van der Waals surface area contributed by atoms with Crippen LogP contribution in [0.5, 0.6) is 0 Å². The second-order valence-electron chi connectivity index (χ2n) is 4.20. The van der Waals surface area contributed by atoms with E-state index in [-0.39, 0.29) is 18.0 Å². The Morgan fingerprint density at radius 1 is 1.29 bits per heavy atom. The van der Waals surface area contributed by atoms with E-state index in [1.165, 1.54) is 29.5 Å². The fourth-order valence-corrected chi connectivity index (χ4v) is 2.60. The first-order valence-electron chi connectivity index (χ1n) is 6.08. The van der Waals surface area contributed by atoms with Gasteiger partial charge in [0.1, 0.15) is 0 Å². The number of aromatic carboxylic acids is 1. The molecular weight excluding hydrogens is 310 g/mol. The summed E-state index contributed by atoms with van der Waals surface area (Å²) >= 11 is 7.18. The zero-order valence-electron chi connectivity index (χ0n) is 10.9. The normalized spacial score (nSPS) is 10.7. The summed E-state index contributed by atoms with van der Waals surface area (Å²) in [5.74, 6) is -1.24. The molecule has 0 bridgehead atoms. The molecule has 0 atom stereocenters. The van der Waals surface area contributed by atoms with Gasteiger partial charge in [0.2, 0.25) is 5.91 Å². The Morgan fingerprint density at radius 2 is 2.10 bits per heavy atom. The third-order valence-electron chi connectivity index (χ3n) is 2.63. The maximum Gasteiger partial charge on any atom is 0.335 e. The Balaban J connectivity index is 1.90. The topological polar surface area (TPSA) is 66.4 Å². The molecule has 1 heterocycles. The van der Waals surface area contributed by atoms with Gasteiger partial charge in [0.15, 0.2) is 0 Å². The smallest absolute Gasteiger partial charge is 0.335 e. The minimum absolute atomic E-state index is 0.200. The lowest BCUT2D eigenvalue weighted by atomic mass is 10.1. The fraction of sp³-hybridized carbons (Fsp3) is 0.0667. The first kappa shape index (κ1) is 15.3. The molecule has 0 saturated carbocycles. The molecule has 1 amide bonds. The molecule has 0 unspecified atom stereocenters. The van der Waals surface area contributed by atoms with Crippen molar-refractivity contribution in [3.05, 3.63) is 62.8 Å². The van der Waals surface area contributed by atoms with Crippen molar-refractivity contribution in [1.29, 1.82) is 0 Å². The highest BCUT2D eigenvalue weighted by Gasteiger charge is 2.03. The molecule has 0 aliphatic carbocycles. The molecule has 1 aromatic heterocycles. The third-order valence-corrected chi connectivity index (χ3v) is 3.83. The third kappa shape index (κ3) is 4.73. The van der Waals surface area contributed by atoms with Gasteiger partial charge in [-0.2, -0.15) is 0 Å². The van der Waals surface area contributed by atoms with E-state index in [1.807, 2.05) is 6.07 Å². The van der Waals surface area contributed by atoms with Crippen LogP contribution < -0.4 is 5.32 Å². The van der Waals surface area contributed by atoms with E-state index in [0.29, 0.717) is 4.34 Å². The number of carboxylic acid groups (broad SMARTS) is 1. The number of carbonyl (C=O) groups excluding carboxylic acids is 1. The fourth-order valence-electron chi connectivity index (χ4n) is 1.64. The minimum Gasteiger partial charge on any atom is -0.478 e. The predicted octanol–water partition coefficient (Wildman–Crippen LogP) is 3.43. The van der Waals surface area contributed by atoms with Crippen LogP contribution in [0, 0.1) is 0 Å². The highest BCUT2D eigenvalue weighted by molar-refractivity contribution is 7.17. The molecule has 4 nitrogen and oxygen atoms in total. The van der Waals surface area contributed by atoms with E-state index in [4.69, 9.17) is 16.7 Å². The number of hydrogen-bond donors (Lipinski definition) is 2. The molecule has 0 aliphatic heterocycles. The number of benzene rings is 1. The van der Waals surface area contributed by atoms with Crippen LogP contribution in [0.25, 0.3) is 6.08 Å². The Hall–Kier alpha value is -2.11. The van der Waals surface area contributed by atoms with E-state index in [1.54, 1.807) is 24.3 Å². The summed E-state index contributed by atoms with van der Waals surface area (Å²) in [7, 11) is 0. The van der Waals surface area contributed by atoms with Crippen LogP contribution >= 0.6 is 22.9 Å². The highest BCUT2D eigenvalue weighted by Crippen LogP contribution is 2.22. The Morgan fingerprint density at radius 3 is 2.76 bits per heavy atom. The number of rotatable bonds is 5. The number of thiophene rings is 1. The molecule has 2 N–H and O–H groups in total. The molecular formula is C15H12ClNO3S. The Labute approximate surface area is 130 Å². The van der Waals surface area contributed by atoms with E-state index in [0.717, 1.165) is 10.4 Å². The number of halogens is 1. The van der Waals surface area contributed by atoms with Crippen molar-refractivity contribution in [2.45, 2.75) is 6.54 Å². The van der Waals surface area contributed by atoms with E-state index in [9.17, 15) is 9.59 Å². The van der Waals surface area contributed by atoms with Gasteiger partial charge in [0, 0.05) is 17.5 Å². The predicted molar refractivity (Wildman–Crippen MR) is 83.6 cm³/mol. The van der Waals surface area contributed by atoms with Crippen molar-refractivity contribution in [3.63, 3.8) is 0 Å². The van der Waals surface area contributed by atoms with Crippen molar-refractivity contribution < 1.29 is 14.7 Å². The minimum atomic E-state index is -0.988. The molecule has 2 aromatic rings. The highest BCUT2D eigenvalue weighted by atomic mass is 35.5. The summed E-state index contributed by atoms with van der Waals surface area (Å²) in [6.45, 7) is 0.273. The van der Waals surface area contributed by atoms with Crippen molar-refractivity contribution in [3.8, 4) is 0 Å². The Kier molecular flexibility index (Phi) is 5.14. The van der Waals surface area contributed by atoms with Crippen molar-refractivity contribution in [1.82, 2.24) is 5.32 Å². The average Bonchev–Trinajstić information content (AvgIpc) is 2.89. The van der Waals surface area contributed by atoms with Crippen molar-refractivity contribution >= 4 is 40.9 Å². The quantitative estimate of drug-likeness (QED) is 0.829. The molecule has 1 aromatic carbocycles. The van der Waals surface area contributed by atoms with Gasteiger partial charge >= 0.3 is 5.97 Å². The summed E-state index contributed by atoms with van der Waals surface area (Å²) in [4.78, 5) is 23.4. The van der Waals surface area contributed by atoms with Gasteiger partial charge in [-0.15, -0.1) is 11.3 Å². The van der Waals surface area contributed by atoms with Crippen LogP contribution in [-0.2, 0) is 11.3 Å². The van der Waals surface area contributed by atoms with Gasteiger partial charge in [0.25, 0.3) is 0 Å². The number of nitrogens with one attached hydrogen (secondary N) is 1. The zero-order chi connectivity index (χ0) is 15.2. The van der Waals surface area contributed by atoms with E-state index >= 15 is 0 Å². The Bertz CT molecular complexity index is 694. The number of amides is 1. The lowest BCUT2D eigenvalue weighted by molar-refractivity contribution is -0.116. The van der Waals surface area contributed by atoms with Gasteiger partial charge in [-0.1, -0.05) is 23.7 Å². The maximum absolute atomic E-state index is 11.7. The van der Waals surface area contributed by atoms with Gasteiger partial charge in [0.05, 0.1) is 9.90 Å². The molecule has 0 spiro atoms. The first-order chi connectivity index (χ1) is 10.0. The van der Waals surface area contributed by atoms with Crippen LogP contribution in [0.2, 0.25) is 4.34 Å². The lowest BCUT2D eigenvalue weighted by Gasteiger charge is -2.03. The zero-order valence-corrected chi connectivity index (χ0v) is 12.4. The second kappa shape index (κ2) is 7.06. The van der Waals surface area contributed by atoms with Crippen LogP contribution in [0.4, 0.5) is 0 Å². The molecule has 2 rings (SSSR count). The van der Waals surface area contributed by atoms with Crippen LogP contribution in [0.3, 0.4) is 0 Å². The largest absolute Gasteiger partial charge is 0.478 e. The van der Waals surface area contributed by atoms with E-state index < -0.39 is 5.97 Å². The van der Waals surface area contributed by atoms with Crippen LogP contribution in [-0.4, -0.2) is 17.0 Å². The molecule has 108 valence electrons. The molecule has 0 aliphatic rings. The molecule has 0 saturated heterocycles. The molecule has 21 heavy (non-hydrogen) atoms. The van der Waals surface area contributed by atoms with Gasteiger partial charge < -0.3 is 10.4 Å². The first-order valence-corrected chi connectivity index (χ1v) is 7.27. The average molecular weight is 322 g/mol. The summed E-state index contributed by atoms with van der Waals surface area (Å²) in [5, 5.41) is 11.6. The van der Waals surface area contributed by atoms with Gasteiger partial charge in [-0.05, 0) is 35.9 Å². The van der Waals surface area contributed by atoms with Gasteiger partial charge in [-0.3, -0.25) is 4.79 Å². The monoisotopic (exact) mass is 321 g/mol. The second-order valence-corrected chi connectivity index (χ2v) is 5.95. The molecule has 0 fully saturated rings. The number of carbonyl (C=O) groups is 2. The lowest BCUT2D eigenvalue weighted by Crippen LogP contribution is -2.20. The summed E-state index contributed by atoms with van der Waals surface area (Å²) in [5.41, 5.74) is 0.932. The van der Waals surface area contributed by atoms with Crippen molar-refractivity contribution in [2.24, 2.45) is 0 Å². The number of hydrogen-bond acceptors (Lipinski definition) is 3.